The topological polar surface area (TPSA) is 71.4 Å². The molecule has 0 heterocycles. The van der Waals surface area contributed by atoms with Crippen molar-refractivity contribution in [2.24, 2.45) is 0 Å². The number of benzene rings is 1. The molecule has 2 rings (SSSR count). The van der Waals surface area contributed by atoms with Gasteiger partial charge in [-0.1, -0.05) is 12.8 Å². The third-order valence-corrected chi connectivity index (χ3v) is 5.83. The summed E-state index contributed by atoms with van der Waals surface area (Å²) in [5, 5.41) is 9.47. The molecule has 1 fully saturated rings. The quantitative estimate of drug-likeness (QED) is 0.894. The Morgan fingerprint density at radius 2 is 1.90 bits per heavy atom. The van der Waals surface area contributed by atoms with Crippen LogP contribution in [-0.4, -0.2) is 25.7 Å². The summed E-state index contributed by atoms with van der Waals surface area (Å²) in [6, 6.07) is 2.46. The van der Waals surface area contributed by atoms with E-state index in [2.05, 4.69) is 15.9 Å². The summed E-state index contributed by atoms with van der Waals surface area (Å²) in [7, 11) is -3.71. The van der Waals surface area contributed by atoms with Crippen LogP contribution in [0.5, 0.6) is 0 Å². The van der Waals surface area contributed by atoms with Gasteiger partial charge in [-0.05, 0) is 46.5 Å². The van der Waals surface area contributed by atoms with Gasteiger partial charge in [-0.15, -0.1) is 0 Å². The third-order valence-electron chi connectivity index (χ3n) is 3.79. The van der Waals surface area contributed by atoms with E-state index in [0.29, 0.717) is 18.4 Å². The predicted octanol–water partition coefficient (Wildman–Crippen LogP) is 2.89. The van der Waals surface area contributed by atoms with Gasteiger partial charge in [-0.3, -0.25) is 4.79 Å². The smallest absolute Gasteiger partial charge is 0.314 e. The summed E-state index contributed by atoms with van der Waals surface area (Å²) in [5.74, 6) is -1.90. The van der Waals surface area contributed by atoms with Crippen LogP contribution < -0.4 is 0 Å². The molecule has 20 heavy (non-hydrogen) atoms. The Balaban J connectivity index is 2.64. The van der Waals surface area contributed by atoms with Crippen molar-refractivity contribution in [3.8, 4) is 0 Å². The molecule has 7 heteroatoms. The first-order chi connectivity index (χ1) is 9.18. The molecule has 110 valence electrons. The number of carbonyl (C=O) groups is 1. The van der Waals surface area contributed by atoms with E-state index in [0.717, 1.165) is 25.2 Å². The zero-order chi connectivity index (χ0) is 15.1. The lowest BCUT2D eigenvalue weighted by Crippen LogP contribution is -2.32. The molecule has 0 saturated heterocycles. The van der Waals surface area contributed by atoms with Crippen LogP contribution >= 0.6 is 15.9 Å². The lowest BCUT2D eigenvalue weighted by atomic mass is 9.79. The summed E-state index contributed by atoms with van der Waals surface area (Å²) < 4.78 is 37.2. The first kappa shape index (κ1) is 15.4. The van der Waals surface area contributed by atoms with E-state index in [1.54, 1.807) is 0 Å². The first-order valence-corrected chi connectivity index (χ1v) is 8.80. The number of aliphatic carboxylic acids is 1. The van der Waals surface area contributed by atoms with E-state index in [4.69, 9.17) is 0 Å². The zero-order valence-corrected chi connectivity index (χ0v) is 13.2. The fraction of sp³-hybridized carbons (Fsp3) is 0.462. The Kier molecular flexibility index (Phi) is 3.94. The predicted molar refractivity (Wildman–Crippen MR) is 75.0 cm³/mol. The molecule has 1 saturated carbocycles. The second-order valence-electron chi connectivity index (χ2n) is 5.14. The van der Waals surface area contributed by atoms with Gasteiger partial charge in [0, 0.05) is 10.7 Å². The van der Waals surface area contributed by atoms with Gasteiger partial charge < -0.3 is 5.11 Å². The molecule has 0 atom stereocenters. The Labute approximate surface area is 125 Å². The molecule has 1 N–H and O–H groups in total. The van der Waals surface area contributed by atoms with Crippen molar-refractivity contribution in [1.29, 1.82) is 0 Å². The number of sulfone groups is 1. The highest BCUT2D eigenvalue weighted by Gasteiger charge is 2.43. The highest BCUT2D eigenvalue weighted by atomic mass is 79.9. The molecule has 1 aliphatic rings. The minimum Gasteiger partial charge on any atom is -0.481 e. The number of carboxylic acids is 1. The fourth-order valence-electron chi connectivity index (χ4n) is 2.79. The molecule has 0 bridgehead atoms. The van der Waals surface area contributed by atoms with Crippen molar-refractivity contribution in [3.63, 3.8) is 0 Å². The monoisotopic (exact) mass is 364 g/mol. The molecule has 0 spiro atoms. The molecule has 0 unspecified atom stereocenters. The van der Waals surface area contributed by atoms with Crippen LogP contribution in [0.2, 0.25) is 0 Å². The van der Waals surface area contributed by atoms with E-state index in [9.17, 15) is 22.7 Å². The lowest BCUT2D eigenvalue weighted by Gasteiger charge is -2.25. The Morgan fingerprint density at radius 3 is 2.30 bits per heavy atom. The summed E-state index contributed by atoms with van der Waals surface area (Å²) in [4.78, 5) is 11.1. The van der Waals surface area contributed by atoms with Crippen LogP contribution in [0.4, 0.5) is 4.39 Å². The molecule has 0 aromatic heterocycles. The largest absolute Gasteiger partial charge is 0.481 e. The lowest BCUT2D eigenvalue weighted by molar-refractivity contribution is -0.143. The highest BCUT2D eigenvalue weighted by molar-refractivity contribution is 9.10. The standard InChI is InChI=1S/C13H14BrFO4S/c1-20(18,19)11-9(14)6-8(7-10(11)15)13(12(16)17)4-2-3-5-13/h6-7H,2-5H2,1H3,(H,16,17). The molecular weight excluding hydrogens is 351 g/mol. The molecule has 1 aromatic carbocycles. The average molecular weight is 365 g/mol. The van der Waals surface area contributed by atoms with Gasteiger partial charge in [0.15, 0.2) is 9.84 Å². The van der Waals surface area contributed by atoms with Crippen LogP contribution in [0.1, 0.15) is 31.2 Å². The van der Waals surface area contributed by atoms with E-state index < -0.39 is 31.9 Å². The number of rotatable bonds is 3. The SMILES string of the molecule is CS(=O)(=O)c1c(F)cc(C2(C(=O)O)CCCC2)cc1Br. The van der Waals surface area contributed by atoms with E-state index in [-0.39, 0.29) is 4.47 Å². The van der Waals surface area contributed by atoms with E-state index in [1.165, 1.54) is 6.07 Å². The van der Waals surface area contributed by atoms with Crippen molar-refractivity contribution in [2.45, 2.75) is 36.0 Å². The van der Waals surface area contributed by atoms with Crippen LogP contribution in [0.25, 0.3) is 0 Å². The second kappa shape index (κ2) is 5.11. The maximum absolute atomic E-state index is 14.1. The van der Waals surface area contributed by atoms with Gasteiger partial charge in [0.2, 0.25) is 0 Å². The third kappa shape index (κ3) is 2.48. The Morgan fingerprint density at radius 1 is 1.35 bits per heavy atom. The van der Waals surface area contributed by atoms with Crippen LogP contribution in [0, 0.1) is 5.82 Å². The van der Waals surface area contributed by atoms with Crippen LogP contribution in [-0.2, 0) is 20.0 Å². The molecule has 0 amide bonds. The molecule has 1 aromatic rings. The van der Waals surface area contributed by atoms with Crippen molar-refractivity contribution in [2.75, 3.05) is 6.26 Å². The van der Waals surface area contributed by atoms with Gasteiger partial charge in [0.25, 0.3) is 0 Å². The Hall–Kier alpha value is -0.950. The number of hydrogen-bond donors (Lipinski definition) is 1. The van der Waals surface area contributed by atoms with Gasteiger partial charge in [0.05, 0.1) is 5.41 Å². The molecule has 4 nitrogen and oxygen atoms in total. The van der Waals surface area contributed by atoms with Crippen molar-refractivity contribution in [1.82, 2.24) is 0 Å². The fourth-order valence-corrected chi connectivity index (χ4v) is 4.94. The highest BCUT2D eigenvalue weighted by Crippen LogP contribution is 2.43. The van der Waals surface area contributed by atoms with Crippen LogP contribution in [0.15, 0.2) is 21.5 Å². The Bertz CT molecular complexity index is 640. The summed E-state index contributed by atoms with van der Waals surface area (Å²) in [5.41, 5.74) is -0.793. The number of hydrogen-bond acceptors (Lipinski definition) is 3. The molecule has 0 aliphatic heterocycles. The maximum atomic E-state index is 14.1. The minimum absolute atomic E-state index is 0.0718. The number of carboxylic acid groups (broad SMARTS) is 1. The summed E-state index contributed by atoms with van der Waals surface area (Å²) in [6.07, 6.45) is 3.32. The minimum atomic E-state index is -3.71. The van der Waals surface area contributed by atoms with Gasteiger partial charge in [-0.25, -0.2) is 12.8 Å². The van der Waals surface area contributed by atoms with E-state index >= 15 is 0 Å². The first-order valence-electron chi connectivity index (χ1n) is 6.11. The number of halogens is 2. The zero-order valence-electron chi connectivity index (χ0n) is 10.8. The van der Waals surface area contributed by atoms with Crippen molar-refractivity contribution in [3.05, 3.63) is 28.0 Å². The second-order valence-corrected chi connectivity index (χ2v) is 7.94. The van der Waals surface area contributed by atoms with Crippen molar-refractivity contribution < 1.29 is 22.7 Å². The summed E-state index contributed by atoms with van der Waals surface area (Å²) >= 11 is 3.04. The van der Waals surface area contributed by atoms with Gasteiger partial charge >= 0.3 is 5.97 Å². The van der Waals surface area contributed by atoms with Crippen molar-refractivity contribution >= 4 is 31.7 Å². The van der Waals surface area contributed by atoms with Gasteiger partial charge in [0.1, 0.15) is 10.7 Å². The van der Waals surface area contributed by atoms with Gasteiger partial charge in [-0.2, -0.15) is 0 Å². The molecule has 0 radical (unpaired) electrons. The van der Waals surface area contributed by atoms with Crippen LogP contribution in [0.3, 0.4) is 0 Å². The van der Waals surface area contributed by atoms with E-state index in [1.807, 2.05) is 0 Å². The molecular formula is C13H14BrFO4S. The molecule has 1 aliphatic carbocycles. The normalized spacial score (nSPS) is 18.1. The maximum Gasteiger partial charge on any atom is 0.314 e. The summed E-state index contributed by atoms with van der Waals surface area (Å²) in [6.45, 7) is 0. The average Bonchev–Trinajstić information content (AvgIpc) is 2.75.